The van der Waals surface area contributed by atoms with Gasteiger partial charge < -0.3 is 5.73 Å². The second kappa shape index (κ2) is 4.97. The van der Waals surface area contributed by atoms with Gasteiger partial charge in [-0.05, 0) is 24.1 Å². The van der Waals surface area contributed by atoms with E-state index in [1.165, 1.54) is 18.5 Å². The molecule has 0 saturated heterocycles. The SMILES string of the molecule is NC(Cc1cccc(F)c1F)c1ccncn1. The number of hydrogen-bond acceptors (Lipinski definition) is 3. The molecule has 88 valence electrons. The average molecular weight is 235 g/mol. The van der Waals surface area contributed by atoms with Crippen LogP contribution < -0.4 is 5.73 Å². The van der Waals surface area contributed by atoms with Gasteiger partial charge in [-0.3, -0.25) is 0 Å². The van der Waals surface area contributed by atoms with Crippen molar-refractivity contribution >= 4 is 0 Å². The van der Waals surface area contributed by atoms with Gasteiger partial charge in [0.1, 0.15) is 6.33 Å². The molecule has 1 atom stereocenters. The smallest absolute Gasteiger partial charge is 0.162 e. The fourth-order valence-electron chi connectivity index (χ4n) is 1.57. The van der Waals surface area contributed by atoms with Crippen molar-refractivity contribution in [2.45, 2.75) is 12.5 Å². The molecule has 2 N–H and O–H groups in total. The summed E-state index contributed by atoms with van der Waals surface area (Å²) in [4.78, 5) is 7.74. The third kappa shape index (κ3) is 2.62. The van der Waals surface area contributed by atoms with Gasteiger partial charge in [0, 0.05) is 6.20 Å². The van der Waals surface area contributed by atoms with Crippen LogP contribution in [0.4, 0.5) is 8.78 Å². The van der Waals surface area contributed by atoms with Gasteiger partial charge >= 0.3 is 0 Å². The highest BCUT2D eigenvalue weighted by Crippen LogP contribution is 2.17. The van der Waals surface area contributed by atoms with Crippen LogP contribution in [0.2, 0.25) is 0 Å². The van der Waals surface area contributed by atoms with E-state index in [-0.39, 0.29) is 12.0 Å². The Labute approximate surface area is 97.3 Å². The van der Waals surface area contributed by atoms with Gasteiger partial charge in [-0.25, -0.2) is 18.7 Å². The van der Waals surface area contributed by atoms with Crippen molar-refractivity contribution < 1.29 is 8.78 Å². The molecule has 0 aliphatic heterocycles. The molecule has 2 rings (SSSR count). The van der Waals surface area contributed by atoms with E-state index in [0.717, 1.165) is 6.07 Å². The Morgan fingerprint density at radius 3 is 2.76 bits per heavy atom. The molecular weight excluding hydrogens is 224 g/mol. The van der Waals surface area contributed by atoms with E-state index in [2.05, 4.69) is 9.97 Å². The number of halogens is 2. The molecule has 0 bridgehead atoms. The summed E-state index contributed by atoms with van der Waals surface area (Å²) in [6.45, 7) is 0. The Bertz CT molecular complexity index is 502. The van der Waals surface area contributed by atoms with E-state index in [4.69, 9.17) is 5.73 Å². The van der Waals surface area contributed by atoms with Crippen molar-refractivity contribution in [3.05, 3.63) is 59.7 Å². The first-order chi connectivity index (χ1) is 8.18. The maximum Gasteiger partial charge on any atom is 0.162 e. The molecule has 0 saturated carbocycles. The number of benzene rings is 1. The first-order valence-corrected chi connectivity index (χ1v) is 5.13. The number of nitrogens with zero attached hydrogens (tertiary/aromatic N) is 2. The van der Waals surface area contributed by atoms with Crippen LogP contribution in [0.1, 0.15) is 17.3 Å². The first kappa shape index (κ1) is 11.6. The molecule has 5 heteroatoms. The van der Waals surface area contributed by atoms with Crippen LogP contribution in [0.15, 0.2) is 36.8 Å². The lowest BCUT2D eigenvalue weighted by Gasteiger charge is -2.11. The molecule has 0 fully saturated rings. The summed E-state index contributed by atoms with van der Waals surface area (Å²) in [6.07, 6.45) is 3.13. The van der Waals surface area contributed by atoms with Crippen LogP contribution in [0.5, 0.6) is 0 Å². The van der Waals surface area contributed by atoms with Crippen molar-refractivity contribution in [2.75, 3.05) is 0 Å². The van der Waals surface area contributed by atoms with Gasteiger partial charge in [-0.15, -0.1) is 0 Å². The lowest BCUT2D eigenvalue weighted by Crippen LogP contribution is -2.16. The zero-order valence-corrected chi connectivity index (χ0v) is 8.98. The largest absolute Gasteiger partial charge is 0.322 e. The van der Waals surface area contributed by atoms with Crippen molar-refractivity contribution in [2.24, 2.45) is 5.73 Å². The standard InChI is InChI=1S/C12H11F2N3/c13-9-3-1-2-8(12(9)14)6-10(15)11-4-5-16-7-17-11/h1-5,7,10H,6,15H2. The molecule has 1 aromatic carbocycles. The quantitative estimate of drug-likeness (QED) is 0.885. The second-order valence-electron chi connectivity index (χ2n) is 3.66. The van der Waals surface area contributed by atoms with Crippen LogP contribution in [-0.2, 0) is 6.42 Å². The van der Waals surface area contributed by atoms with Crippen LogP contribution in [0.3, 0.4) is 0 Å². The highest BCUT2D eigenvalue weighted by molar-refractivity contribution is 5.21. The number of aromatic nitrogens is 2. The molecular formula is C12H11F2N3. The maximum absolute atomic E-state index is 13.4. The van der Waals surface area contributed by atoms with Crippen LogP contribution in [0.25, 0.3) is 0 Å². The summed E-state index contributed by atoms with van der Waals surface area (Å²) >= 11 is 0. The van der Waals surface area contributed by atoms with E-state index in [9.17, 15) is 8.78 Å². The molecule has 1 unspecified atom stereocenters. The minimum absolute atomic E-state index is 0.195. The molecule has 0 amide bonds. The second-order valence-corrected chi connectivity index (χ2v) is 3.66. The summed E-state index contributed by atoms with van der Waals surface area (Å²) < 4.78 is 26.4. The molecule has 0 aliphatic carbocycles. The van der Waals surface area contributed by atoms with Gasteiger partial charge in [0.05, 0.1) is 11.7 Å². The lowest BCUT2D eigenvalue weighted by molar-refractivity contribution is 0.493. The van der Waals surface area contributed by atoms with Crippen LogP contribution >= 0.6 is 0 Å². The van der Waals surface area contributed by atoms with E-state index >= 15 is 0 Å². The molecule has 1 heterocycles. The fraction of sp³-hybridized carbons (Fsp3) is 0.167. The van der Waals surface area contributed by atoms with Gasteiger partial charge in [0.15, 0.2) is 11.6 Å². The molecule has 0 aliphatic rings. The molecule has 1 aromatic heterocycles. The van der Waals surface area contributed by atoms with Gasteiger partial charge in [0.2, 0.25) is 0 Å². The molecule has 2 aromatic rings. The summed E-state index contributed by atoms with van der Waals surface area (Å²) in [6, 6.07) is 5.23. The van der Waals surface area contributed by atoms with Crippen molar-refractivity contribution in [3.8, 4) is 0 Å². The normalized spacial score (nSPS) is 12.4. The fourth-order valence-corrected chi connectivity index (χ4v) is 1.57. The van der Waals surface area contributed by atoms with Crippen molar-refractivity contribution in [1.29, 1.82) is 0 Å². The van der Waals surface area contributed by atoms with E-state index < -0.39 is 17.7 Å². The predicted octanol–water partition coefficient (Wildman–Crippen LogP) is 2.00. The van der Waals surface area contributed by atoms with Crippen molar-refractivity contribution in [3.63, 3.8) is 0 Å². The first-order valence-electron chi connectivity index (χ1n) is 5.13. The Kier molecular flexibility index (Phi) is 3.39. The molecule has 0 radical (unpaired) electrons. The predicted molar refractivity (Wildman–Crippen MR) is 59.0 cm³/mol. The molecule has 17 heavy (non-hydrogen) atoms. The van der Waals surface area contributed by atoms with E-state index in [1.807, 2.05) is 0 Å². The molecule has 3 nitrogen and oxygen atoms in total. The Morgan fingerprint density at radius 1 is 1.24 bits per heavy atom. The average Bonchev–Trinajstić information content (AvgIpc) is 2.36. The van der Waals surface area contributed by atoms with Gasteiger partial charge in [0.25, 0.3) is 0 Å². The summed E-state index contributed by atoms with van der Waals surface area (Å²) in [7, 11) is 0. The Hall–Kier alpha value is -1.88. The highest BCUT2D eigenvalue weighted by Gasteiger charge is 2.13. The Balaban J connectivity index is 2.19. The van der Waals surface area contributed by atoms with E-state index in [1.54, 1.807) is 12.3 Å². The topological polar surface area (TPSA) is 51.8 Å². The summed E-state index contributed by atoms with van der Waals surface area (Å²) in [5.74, 6) is -1.71. The monoisotopic (exact) mass is 235 g/mol. The maximum atomic E-state index is 13.4. The number of rotatable bonds is 3. The third-order valence-corrected chi connectivity index (χ3v) is 2.46. The minimum atomic E-state index is -0.864. The lowest BCUT2D eigenvalue weighted by atomic mass is 10.0. The Morgan fingerprint density at radius 2 is 2.06 bits per heavy atom. The zero-order chi connectivity index (χ0) is 12.3. The number of nitrogens with two attached hydrogens (primary N) is 1. The van der Waals surface area contributed by atoms with Crippen LogP contribution in [0, 0.1) is 11.6 Å². The van der Waals surface area contributed by atoms with Gasteiger partial charge in [-0.2, -0.15) is 0 Å². The summed E-state index contributed by atoms with van der Waals surface area (Å²) in [5, 5.41) is 0. The van der Waals surface area contributed by atoms with E-state index in [0.29, 0.717) is 5.69 Å². The minimum Gasteiger partial charge on any atom is -0.322 e. The van der Waals surface area contributed by atoms with Crippen LogP contribution in [-0.4, -0.2) is 9.97 Å². The zero-order valence-electron chi connectivity index (χ0n) is 8.98. The third-order valence-electron chi connectivity index (χ3n) is 2.46. The highest BCUT2D eigenvalue weighted by atomic mass is 19.2. The van der Waals surface area contributed by atoms with Crippen molar-refractivity contribution in [1.82, 2.24) is 9.97 Å². The van der Waals surface area contributed by atoms with Gasteiger partial charge in [-0.1, -0.05) is 12.1 Å². The summed E-state index contributed by atoms with van der Waals surface area (Å²) in [5.41, 5.74) is 6.71. The molecule has 0 spiro atoms. The number of hydrogen-bond donors (Lipinski definition) is 1.